The first-order valence-electron chi connectivity index (χ1n) is 36.7. The van der Waals surface area contributed by atoms with Crippen molar-refractivity contribution in [2.24, 2.45) is 23.7 Å². The highest BCUT2D eigenvalue weighted by Crippen LogP contribution is 2.45. The molecule has 90 heavy (non-hydrogen) atoms. The van der Waals surface area contributed by atoms with Gasteiger partial charge in [-0.05, 0) is 49.4 Å². The largest absolute Gasteiger partial charge is 0.472 e. The van der Waals surface area contributed by atoms with Gasteiger partial charge in [-0.15, -0.1) is 0 Å². The van der Waals surface area contributed by atoms with E-state index in [0.29, 0.717) is 25.7 Å². The van der Waals surface area contributed by atoms with Gasteiger partial charge in [0.25, 0.3) is 0 Å². The zero-order valence-corrected chi connectivity index (χ0v) is 60.6. The van der Waals surface area contributed by atoms with Crippen molar-refractivity contribution in [3.63, 3.8) is 0 Å². The second kappa shape index (κ2) is 60.7. The van der Waals surface area contributed by atoms with Gasteiger partial charge in [0.2, 0.25) is 0 Å². The van der Waals surface area contributed by atoms with Crippen molar-refractivity contribution in [1.82, 2.24) is 0 Å². The Morgan fingerprint density at radius 2 is 0.467 bits per heavy atom. The predicted molar refractivity (Wildman–Crippen MR) is 363 cm³/mol. The highest BCUT2D eigenvalue weighted by atomic mass is 31.2. The minimum atomic E-state index is -4.95. The van der Waals surface area contributed by atoms with Crippen LogP contribution in [-0.2, 0) is 65.4 Å². The second-order valence-corrected chi connectivity index (χ2v) is 30.4. The lowest BCUT2D eigenvalue weighted by Gasteiger charge is -2.21. The number of carbonyl (C=O) groups is 4. The van der Waals surface area contributed by atoms with Gasteiger partial charge in [-0.25, -0.2) is 9.13 Å². The first-order chi connectivity index (χ1) is 43.1. The van der Waals surface area contributed by atoms with E-state index < -0.39 is 97.5 Å². The number of phosphoric ester groups is 2. The maximum Gasteiger partial charge on any atom is 0.472 e. The average Bonchev–Trinajstić information content (AvgIpc) is 3.60. The van der Waals surface area contributed by atoms with Crippen LogP contribution in [0.15, 0.2) is 0 Å². The van der Waals surface area contributed by atoms with Gasteiger partial charge in [0.1, 0.15) is 19.3 Å². The monoisotopic (exact) mass is 1320 g/mol. The number of ether oxygens (including phenoxy) is 4. The Morgan fingerprint density at radius 3 is 0.689 bits per heavy atom. The molecule has 0 aliphatic carbocycles. The first-order valence-corrected chi connectivity index (χ1v) is 39.7. The molecule has 19 heteroatoms. The van der Waals surface area contributed by atoms with E-state index in [9.17, 15) is 43.2 Å². The fourth-order valence-corrected chi connectivity index (χ4v) is 12.2. The Bertz CT molecular complexity index is 1780. The molecule has 0 saturated carbocycles. The molecule has 0 spiro atoms. The SMILES string of the molecule is CC(C)CCCCCCCCCCCCCCCC(=O)OC[C@H](COP(=O)(O)OCC(O)COP(=O)(O)OC[C@@H](COC(=O)CCCCCCCCCCC(C)C)OC(=O)CCCCCCCCCCC(C)C)OC(=O)CCCCCCCCCCCC(C)C. The number of unbranched alkanes of at least 4 members (excludes halogenated alkanes) is 34. The number of hydrogen-bond acceptors (Lipinski definition) is 15. The summed E-state index contributed by atoms with van der Waals surface area (Å²) in [5.41, 5.74) is 0. The van der Waals surface area contributed by atoms with Gasteiger partial charge in [0, 0.05) is 25.7 Å². The number of aliphatic hydroxyl groups excluding tert-OH is 1. The lowest BCUT2D eigenvalue weighted by atomic mass is 10.0. The molecule has 0 saturated heterocycles. The third-order valence-corrected chi connectivity index (χ3v) is 18.2. The van der Waals surface area contributed by atoms with E-state index in [4.69, 9.17) is 37.0 Å². The molecule has 0 aliphatic rings. The average molecular weight is 1330 g/mol. The minimum absolute atomic E-state index is 0.103. The van der Waals surface area contributed by atoms with E-state index >= 15 is 0 Å². The molecule has 0 amide bonds. The van der Waals surface area contributed by atoms with Crippen LogP contribution in [0.3, 0.4) is 0 Å². The Hall–Kier alpha value is -1.94. The molecular formula is C71H138O17P2. The maximum absolute atomic E-state index is 13.0. The summed E-state index contributed by atoms with van der Waals surface area (Å²) in [6.45, 7) is 14.1. The zero-order chi connectivity index (χ0) is 66.8. The molecule has 534 valence electrons. The van der Waals surface area contributed by atoms with Crippen molar-refractivity contribution < 1.29 is 80.2 Å². The van der Waals surface area contributed by atoms with Gasteiger partial charge in [-0.2, -0.15) is 0 Å². The van der Waals surface area contributed by atoms with E-state index in [1.165, 1.54) is 154 Å². The number of carbonyl (C=O) groups excluding carboxylic acids is 4. The highest BCUT2D eigenvalue weighted by Gasteiger charge is 2.30. The number of hydrogen-bond donors (Lipinski definition) is 3. The molecule has 0 heterocycles. The molecule has 0 aromatic rings. The Balaban J connectivity index is 5.24. The van der Waals surface area contributed by atoms with Crippen LogP contribution in [0.25, 0.3) is 0 Å². The lowest BCUT2D eigenvalue weighted by molar-refractivity contribution is -0.161. The summed E-state index contributed by atoms with van der Waals surface area (Å²) in [5, 5.41) is 10.6. The van der Waals surface area contributed by atoms with E-state index in [-0.39, 0.29) is 25.7 Å². The molecule has 0 rings (SSSR count). The number of phosphoric acid groups is 2. The normalized spacial score (nSPS) is 14.3. The van der Waals surface area contributed by atoms with Crippen LogP contribution in [0.1, 0.15) is 351 Å². The van der Waals surface area contributed by atoms with Crippen molar-refractivity contribution in [1.29, 1.82) is 0 Å². The van der Waals surface area contributed by atoms with Gasteiger partial charge < -0.3 is 33.8 Å². The topological polar surface area (TPSA) is 237 Å². The summed E-state index contributed by atoms with van der Waals surface area (Å²) in [6.07, 6.45) is 43.1. The molecule has 17 nitrogen and oxygen atoms in total. The molecule has 0 aromatic heterocycles. The fraction of sp³-hybridized carbons (Fsp3) is 0.944. The summed E-state index contributed by atoms with van der Waals surface area (Å²) >= 11 is 0. The predicted octanol–water partition coefficient (Wildman–Crippen LogP) is 20.1. The van der Waals surface area contributed by atoms with E-state index in [1.807, 2.05) is 0 Å². The van der Waals surface area contributed by atoms with Crippen molar-refractivity contribution in [3.8, 4) is 0 Å². The van der Waals surface area contributed by atoms with Gasteiger partial charge in [0.05, 0.1) is 26.4 Å². The van der Waals surface area contributed by atoms with Gasteiger partial charge in [-0.3, -0.25) is 37.3 Å². The first kappa shape index (κ1) is 88.1. The molecule has 0 aliphatic heterocycles. The van der Waals surface area contributed by atoms with Crippen molar-refractivity contribution in [3.05, 3.63) is 0 Å². The zero-order valence-electron chi connectivity index (χ0n) is 58.8. The number of esters is 4. The molecule has 0 radical (unpaired) electrons. The van der Waals surface area contributed by atoms with E-state index in [2.05, 4.69) is 55.4 Å². The summed E-state index contributed by atoms with van der Waals surface area (Å²) in [7, 11) is -9.90. The van der Waals surface area contributed by atoms with Gasteiger partial charge in [-0.1, -0.05) is 299 Å². The third-order valence-electron chi connectivity index (χ3n) is 16.3. The van der Waals surface area contributed by atoms with Crippen LogP contribution < -0.4 is 0 Å². The standard InChI is InChI=1S/C71H138O17P2/c1-61(2)47-39-31-23-15-12-10-9-11-13-17-27-35-43-51-68(73)81-57-66(87-70(75)53-45-37-29-18-14-16-24-32-40-48-62(3)4)59-85-89(77,78)83-55-65(72)56-84-90(79,80)86-60-67(88-71(76)54-46-38-30-22-20-26-34-42-50-64(7)8)58-82-69(74)52-44-36-28-21-19-25-33-41-49-63(5)6/h61-67,72H,9-60H2,1-8H3,(H,77,78)(H,79,80)/t65?,66-,67-/m1/s1. The van der Waals surface area contributed by atoms with E-state index in [0.717, 1.165) is 114 Å². The van der Waals surface area contributed by atoms with E-state index in [1.54, 1.807) is 0 Å². The van der Waals surface area contributed by atoms with Crippen LogP contribution in [-0.4, -0.2) is 96.7 Å². The summed E-state index contributed by atoms with van der Waals surface area (Å²) in [6, 6.07) is 0. The van der Waals surface area contributed by atoms with Crippen molar-refractivity contribution in [2.75, 3.05) is 39.6 Å². The molecule has 0 fully saturated rings. The third kappa shape index (κ3) is 64.8. The van der Waals surface area contributed by atoms with Crippen LogP contribution in [0.2, 0.25) is 0 Å². The summed E-state index contributed by atoms with van der Waals surface area (Å²) in [4.78, 5) is 72.6. The summed E-state index contributed by atoms with van der Waals surface area (Å²) in [5.74, 6) is 0.842. The molecule has 3 N–H and O–H groups in total. The van der Waals surface area contributed by atoms with Crippen LogP contribution in [0, 0.1) is 23.7 Å². The van der Waals surface area contributed by atoms with Crippen LogP contribution in [0.4, 0.5) is 0 Å². The molecule has 3 unspecified atom stereocenters. The van der Waals surface area contributed by atoms with Crippen LogP contribution >= 0.6 is 15.6 Å². The lowest BCUT2D eigenvalue weighted by Crippen LogP contribution is -2.30. The molecule has 0 bridgehead atoms. The van der Waals surface area contributed by atoms with Crippen molar-refractivity contribution in [2.45, 2.75) is 369 Å². The maximum atomic E-state index is 13.0. The van der Waals surface area contributed by atoms with Crippen LogP contribution in [0.5, 0.6) is 0 Å². The fourth-order valence-electron chi connectivity index (χ4n) is 10.7. The van der Waals surface area contributed by atoms with Gasteiger partial charge >= 0.3 is 39.5 Å². The Labute approximate surface area is 549 Å². The number of rotatable bonds is 68. The quantitative estimate of drug-likeness (QED) is 0.0222. The second-order valence-electron chi connectivity index (χ2n) is 27.5. The molecule has 0 aromatic carbocycles. The Kier molecular flexibility index (Phi) is 59.4. The van der Waals surface area contributed by atoms with Gasteiger partial charge in [0.15, 0.2) is 12.2 Å². The highest BCUT2D eigenvalue weighted by molar-refractivity contribution is 7.47. The summed E-state index contributed by atoms with van der Waals surface area (Å²) < 4.78 is 68.3. The Morgan fingerprint density at radius 1 is 0.278 bits per heavy atom. The molecule has 5 atom stereocenters. The molecular weight excluding hydrogens is 1190 g/mol. The minimum Gasteiger partial charge on any atom is -0.462 e. The number of aliphatic hydroxyl groups is 1. The van der Waals surface area contributed by atoms with Crippen molar-refractivity contribution >= 4 is 39.5 Å². The smallest absolute Gasteiger partial charge is 0.462 e.